The number of carbonyl (C=O) groups excluding carboxylic acids is 1. The van der Waals surface area contributed by atoms with Crippen LogP contribution in [0.5, 0.6) is 0 Å². The lowest BCUT2D eigenvalue weighted by Crippen LogP contribution is -2.35. The van der Waals surface area contributed by atoms with E-state index in [4.69, 9.17) is 0 Å². The van der Waals surface area contributed by atoms with Crippen LogP contribution < -0.4 is 5.32 Å². The van der Waals surface area contributed by atoms with E-state index in [1.165, 1.54) is 0 Å². The molecular weight excluding hydrogens is 328 g/mol. The van der Waals surface area contributed by atoms with Crippen LogP contribution in [-0.4, -0.2) is 38.4 Å². The molecule has 1 amide bonds. The SMILES string of the molecule is Cc1ccc(-c2cc(C(=O)NC(C)CO)cc3c2cnn3C(C)C)nc1. The molecule has 0 bridgehead atoms. The highest BCUT2D eigenvalue weighted by molar-refractivity contribution is 6.03. The Labute approximate surface area is 152 Å². The van der Waals surface area contributed by atoms with Crippen LogP contribution in [0.1, 0.15) is 42.7 Å². The fourth-order valence-electron chi connectivity index (χ4n) is 2.88. The summed E-state index contributed by atoms with van der Waals surface area (Å²) in [6, 6.07) is 7.50. The molecule has 6 nitrogen and oxygen atoms in total. The Morgan fingerprint density at radius 2 is 2.00 bits per heavy atom. The molecule has 1 aromatic carbocycles. The molecule has 0 aliphatic heterocycles. The number of fused-ring (bicyclic) bond motifs is 1. The highest BCUT2D eigenvalue weighted by atomic mass is 16.3. The van der Waals surface area contributed by atoms with Crippen molar-refractivity contribution in [1.82, 2.24) is 20.1 Å². The van der Waals surface area contributed by atoms with Gasteiger partial charge in [0.25, 0.3) is 5.91 Å². The Morgan fingerprint density at radius 1 is 1.23 bits per heavy atom. The van der Waals surface area contributed by atoms with Gasteiger partial charge in [-0.15, -0.1) is 0 Å². The Balaban J connectivity index is 2.18. The summed E-state index contributed by atoms with van der Waals surface area (Å²) < 4.78 is 1.90. The van der Waals surface area contributed by atoms with Crippen LogP contribution in [-0.2, 0) is 0 Å². The van der Waals surface area contributed by atoms with Crippen molar-refractivity contribution < 1.29 is 9.90 Å². The van der Waals surface area contributed by atoms with Gasteiger partial charge in [-0.05, 0) is 51.5 Å². The Kier molecular flexibility index (Phi) is 5.04. The van der Waals surface area contributed by atoms with Crippen molar-refractivity contribution in [2.24, 2.45) is 0 Å². The predicted octanol–water partition coefficient (Wildman–Crippen LogP) is 3.10. The number of benzene rings is 1. The molecule has 2 heterocycles. The number of hydrogen-bond acceptors (Lipinski definition) is 4. The lowest BCUT2D eigenvalue weighted by Gasteiger charge is -2.14. The van der Waals surface area contributed by atoms with Gasteiger partial charge in [0, 0.05) is 34.8 Å². The van der Waals surface area contributed by atoms with E-state index in [0.29, 0.717) is 5.56 Å². The molecule has 1 unspecified atom stereocenters. The quantitative estimate of drug-likeness (QED) is 0.739. The van der Waals surface area contributed by atoms with Gasteiger partial charge in [-0.2, -0.15) is 5.10 Å². The molecule has 0 aliphatic carbocycles. The van der Waals surface area contributed by atoms with E-state index in [0.717, 1.165) is 27.7 Å². The molecule has 6 heteroatoms. The molecule has 0 aliphatic rings. The van der Waals surface area contributed by atoms with Gasteiger partial charge in [0.15, 0.2) is 0 Å². The Morgan fingerprint density at radius 3 is 2.62 bits per heavy atom. The van der Waals surface area contributed by atoms with Gasteiger partial charge < -0.3 is 10.4 Å². The zero-order valence-electron chi connectivity index (χ0n) is 15.5. The predicted molar refractivity (Wildman–Crippen MR) is 102 cm³/mol. The third kappa shape index (κ3) is 3.46. The van der Waals surface area contributed by atoms with E-state index in [2.05, 4.69) is 29.2 Å². The summed E-state index contributed by atoms with van der Waals surface area (Å²) in [4.78, 5) is 17.1. The number of aryl methyl sites for hydroxylation is 1. The van der Waals surface area contributed by atoms with Crippen molar-refractivity contribution in [3.63, 3.8) is 0 Å². The monoisotopic (exact) mass is 352 g/mol. The van der Waals surface area contributed by atoms with Crippen LogP contribution in [0.4, 0.5) is 0 Å². The minimum Gasteiger partial charge on any atom is -0.394 e. The fourth-order valence-corrected chi connectivity index (χ4v) is 2.88. The summed E-state index contributed by atoms with van der Waals surface area (Å²) in [6.07, 6.45) is 3.64. The molecule has 0 saturated heterocycles. The topological polar surface area (TPSA) is 80.0 Å². The molecule has 0 saturated carbocycles. The van der Waals surface area contributed by atoms with E-state index in [9.17, 15) is 9.90 Å². The third-order valence-electron chi connectivity index (χ3n) is 4.31. The van der Waals surface area contributed by atoms with E-state index < -0.39 is 0 Å². The van der Waals surface area contributed by atoms with E-state index >= 15 is 0 Å². The Hall–Kier alpha value is -2.73. The van der Waals surface area contributed by atoms with Gasteiger partial charge in [0.05, 0.1) is 24.0 Å². The molecule has 26 heavy (non-hydrogen) atoms. The van der Waals surface area contributed by atoms with Gasteiger partial charge in [-0.3, -0.25) is 14.5 Å². The van der Waals surface area contributed by atoms with Gasteiger partial charge in [-0.25, -0.2) is 0 Å². The maximum absolute atomic E-state index is 12.6. The van der Waals surface area contributed by atoms with Gasteiger partial charge >= 0.3 is 0 Å². The second-order valence-electron chi connectivity index (χ2n) is 6.92. The first kappa shape index (κ1) is 18.1. The summed E-state index contributed by atoms with van der Waals surface area (Å²) in [7, 11) is 0. The maximum Gasteiger partial charge on any atom is 0.251 e. The zero-order valence-corrected chi connectivity index (χ0v) is 15.5. The summed E-state index contributed by atoms with van der Waals surface area (Å²) in [5.41, 5.74) is 4.16. The molecule has 0 spiro atoms. The molecule has 3 aromatic rings. The number of carbonyl (C=O) groups is 1. The lowest BCUT2D eigenvalue weighted by atomic mass is 10.0. The normalized spacial score (nSPS) is 12.5. The molecule has 136 valence electrons. The van der Waals surface area contributed by atoms with Crippen molar-refractivity contribution >= 4 is 16.8 Å². The van der Waals surface area contributed by atoms with Crippen LogP contribution >= 0.6 is 0 Å². The standard InChI is InChI=1S/C20H24N4O2/c1-12(2)24-19-8-15(20(26)23-14(4)11-25)7-16(17(19)10-22-24)18-6-5-13(3)9-21-18/h5-10,12,14,25H,11H2,1-4H3,(H,23,26). The smallest absolute Gasteiger partial charge is 0.251 e. The highest BCUT2D eigenvalue weighted by Crippen LogP contribution is 2.30. The van der Waals surface area contributed by atoms with E-state index in [1.807, 2.05) is 48.3 Å². The first-order chi connectivity index (χ1) is 12.4. The van der Waals surface area contributed by atoms with Crippen molar-refractivity contribution in [1.29, 1.82) is 0 Å². The number of rotatable bonds is 5. The average Bonchev–Trinajstić information content (AvgIpc) is 3.05. The summed E-state index contributed by atoms with van der Waals surface area (Å²) >= 11 is 0. The molecular formula is C20H24N4O2. The summed E-state index contributed by atoms with van der Waals surface area (Å²) in [5, 5.41) is 17.5. The minimum absolute atomic E-state index is 0.107. The van der Waals surface area contributed by atoms with Crippen LogP contribution in [0.15, 0.2) is 36.7 Å². The van der Waals surface area contributed by atoms with Crippen LogP contribution in [0.2, 0.25) is 0 Å². The molecule has 0 radical (unpaired) electrons. The number of pyridine rings is 1. The zero-order chi connectivity index (χ0) is 18.8. The Bertz CT molecular complexity index is 929. The lowest BCUT2D eigenvalue weighted by molar-refractivity contribution is 0.0922. The number of nitrogens with one attached hydrogen (secondary N) is 1. The summed E-state index contributed by atoms with van der Waals surface area (Å²) in [6.45, 7) is 7.75. The molecule has 0 fully saturated rings. The number of aromatic nitrogens is 3. The van der Waals surface area contributed by atoms with Crippen molar-refractivity contribution in [2.45, 2.75) is 39.8 Å². The van der Waals surface area contributed by atoms with Crippen LogP contribution in [0.3, 0.4) is 0 Å². The number of hydrogen-bond donors (Lipinski definition) is 2. The van der Waals surface area contributed by atoms with Crippen LogP contribution in [0.25, 0.3) is 22.2 Å². The number of amides is 1. The van der Waals surface area contributed by atoms with Crippen molar-refractivity contribution in [2.75, 3.05) is 6.61 Å². The number of aliphatic hydroxyl groups excluding tert-OH is 1. The highest BCUT2D eigenvalue weighted by Gasteiger charge is 2.17. The molecule has 3 rings (SSSR count). The van der Waals surface area contributed by atoms with Gasteiger partial charge in [-0.1, -0.05) is 6.07 Å². The van der Waals surface area contributed by atoms with Crippen molar-refractivity contribution in [3.8, 4) is 11.3 Å². The summed E-state index contributed by atoms with van der Waals surface area (Å²) in [5.74, 6) is -0.224. The van der Waals surface area contributed by atoms with E-state index in [-0.39, 0.29) is 24.6 Å². The molecule has 2 aromatic heterocycles. The first-order valence-corrected chi connectivity index (χ1v) is 8.76. The fraction of sp³-hybridized carbons (Fsp3) is 0.350. The second kappa shape index (κ2) is 7.25. The molecule has 1 atom stereocenters. The first-order valence-electron chi connectivity index (χ1n) is 8.76. The van der Waals surface area contributed by atoms with E-state index in [1.54, 1.807) is 6.92 Å². The second-order valence-corrected chi connectivity index (χ2v) is 6.92. The van der Waals surface area contributed by atoms with Crippen LogP contribution in [0, 0.1) is 6.92 Å². The minimum atomic E-state index is -0.311. The average molecular weight is 352 g/mol. The number of nitrogens with zero attached hydrogens (tertiary/aromatic N) is 3. The van der Waals surface area contributed by atoms with Crippen molar-refractivity contribution in [3.05, 3.63) is 47.8 Å². The van der Waals surface area contributed by atoms with Gasteiger partial charge in [0.1, 0.15) is 0 Å². The molecule has 2 N–H and O–H groups in total. The maximum atomic E-state index is 12.6. The number of aliphatic hydroxyl groups is 1. The largest absolute Gasteiger partial charge is 0.394 e. The van der Waals surface area contributed by atoms with Gasteiger partial charge in [0.2, 0.25) is 0 Å². The third-order valence-corrected chi connectivity index (χ3v) is 4.31.